The van der Waals surface area contributed by atoms with Gasteiger partial charge in [0, 0.05) is 5.56 Å². The highest BCUT2D eigenvalue weighted by Crippen LogP contribution is 2.47. The van der Waals surface area contributed by atoms with E-state index in [1.165, 1.54) is 56.1 Å². The van der Waals surface area contributed by atoms with Gasteiger partial charge in [0.05, 0.1) is 0 Å². The van der Waals surface area contributed by atoms with Crippen molar-refractivity contribution >= 4 is 6.29 Å². The van der Waals surface area contributed by atoms with Gasteiger partial charge in [-0.2, -0.15) is 0 Å². The Hall–Kier alpha value is -1.37. The minimum absolute atomic E-state index is 0.477. The number of hydrogen-bond donors (Lipinski definition) is 0. The minimum Gasteiger partial charge on any atom is -0.298 e. The van der Waals surface area contributed by atoms with Crippen LogP contribution in [0.4, 0.5) is 0 Å². The minimum atomic E-state index is 0.477. The first-order valence-electron chi connectivity index (χ1n) is 8.84. The zero-order valence-electron chi connectivity index (χ0n) is 14.2. The van der Waals surface area contributed by atoms with E-state index in [-0.39, 0.29) is 0 Å². The second-order valence-corrected chi connectivity index (χ2v) is 7.11. The van der Waals surface area contributed by atoms with Crippen molar-refractivity contribution < 1.29 is 4.79 Å². The molecule has 0 aliphatic heterocycles. The van der Waals surface area contributed by atoms with Crippen molar-refractivity contribution in [2.45, 2.75) is 71.1 Å². The number of rotatable bonds is 6. The Morgan fingerprint density at radius 3 is 2.59 bits per heavy atom. The second kappa shape index (κ2) is 7.76. The highest BCUT2D eigenvalue weighted by Gasteiger charge is 2.32. The van der Waals surface area contributed by atoms with Gasteiger partial charge in [-0.3, -0.25) is 4.79 Å². The lowest BCUT2D eigenvalue weighted by Gasteiger charge is -2.32. The van der Waals surface area contributed by atoms with Crippen LogP contribution in [-0.2, 0) is 0 Å². The highest BCUT2D eigenvalue weighted by molar-refractivity contribution is 5.74. The van der Waals surface area contributed by atoms with Gasteiger partial charge in [0.2, 0.25) is 0 Å². The fraction of sp³-hybridized carbons (Fsp3) is 0.571. The molecule has 1 aliphatic rings. The first-order chi connectivity index (χ1) is 10.6. The lowest BCUT2D eigenvalue weighted by molar-refractivity contribution is 0.112. The fourth-order valence-corrected chi connectivity index (χ4v) is 4.00. The molecule has 2 rings (SSSR count). The van der Waals surface area contributed by atoms with Crippen molar-refractivity contribution in [2.75, 3.05) is 0 Å². The summed E-state index contributed by atoms with van der Waals surface area (Å²) in [6.45, 7) is 9.01. The first-order valence-corrected chi connectivity index (χ1v) is 8.84. The predicted octanol–water partition coefficient (Wildman–Crippen LogP) is 6.30. The molecular formula is C21H30O. The van der Waals surface area contributed by atoms with Crippen LogP contribution in [0.15, 0.2) is 36.4 Å². The monoisotopic (exact) mass is 298 g/mol. The molecular weight excluding hydrogens is 268 g/mol. The van der Waals surface area contributed by atoms with Gasteiger partial charge in [-0.1, -0.05) is 69.5 Å². The van der Waals surface area contributed by atoms with Crippen LogP contribution in [0.5, 0.6) is 0 Å². The Morgan fingerprint density at radius 2 is 2.00 bits per heavy atom. The van der Waals surface area contributed by atoms with Crippen molar-refractivity contribution in [1.82, 2.24) is 0 Å². The Morgan fingerprint density at radius 1 is 1.27 bits per heavy atom. The van der Waals surface area contributed by atoms with Crippen LogP contribution in [0.1, 0.15) is 87.1 Å². The topological polar surface area (TPSA) is 17.1 Å². The molecule has 0 radical (unpaired) electrons. The van der Waals surface area contributed by atoms with Crippen molar-refractivity contribution in [2.24, 2.45) is 5.41 Å². The summed E-state index contributed by atoms with van der Waals surface area (Å²) >= 11 is 0. The van der Waals surface area contributed by atoms with Crippen LogP contribution in [0.2, 0.25) is 0 Å². The number of hydrogen-bond acceptors (Lipinski definition) is 1. The molecule has 1 saturated carbocycles. The molecule has 0 spiro atoms. The van der Waals surface area contributed by atoms with Crippen LogP contribution in [0.25, 0.3) is 0 Å². The van der Waals surface area contributed by atoms with Crippen LogP contribution in [0, 0.1) is 5.41 Å². The molecule has 22 heavy (non-hydrogen) atoms. The van der Waals surface area contributed by atoms with E-state index in [1.807, 2.05) is 12.1 Å². The molecule has 1 fully saturated rings. The zero-order valence-corrected chi connectivity index (χ0v) is 14.2. The molecule has 2 unspecified atom stereocenters. The smallest absolute Gasteiger partial charge is 0.150 e. The number of aldehydes is 1. The third-order valence-electron chi connectivity index (χ3n) is 5.54. The number of allylic oxidation sites excluding steroid dienone is 1. The molecule has 0 aromatic heterocycles. The van der Waals surface area contributed by atoms with E-state index in [2.05, 4.69) is 32.6 Å². The number of unbranched alkanes of at least 4 members (excludes halogenated alkanes) is 1. The maximum atomic E-state index is 10.8. The Balaban J connectivity index is 2.13. The van der Waals surface area contributed by atoms with Crippen molar-refractivity contribution in [1.29, 1.82) is 0 Å². The summed E-state index contributed by atoms with van der Waals surface area (Å²) < 4.78 is 0. The maximum Gasteiger partial charge on any atom is 0.150 e. The van der Waals surface area contributed by atoms with Gasteiger partial charge < -0.3 is 0 Å². The number of carbonyl (C=O) groups is 1. The van der Waals surface area contributed by atoms with Crippen LogP contribution in [0.3, 0.4) is 0 Å². The molecule has 0 heterocycles. The molecule has 1 aromatic carbocycles. The van der Waals surface area contributed by atoms with Gasteiger partial charge in [-0.05, 0) is 49.0 Å². The van der Waals surface area contributed by atoms with Gasteiger partial charge in [0.25, 0.3) is 0 Å². The molecule has 0 saturated heterocycles. The number of carbonyl (C=O) groups excluding carboxylic acids is 1. The summed E-state index contributed by atoms with van der Waals surface area (Å²) in [6.07, 6.45) is 11.0. The average Bonchev–Trinajstić information content (AvgIpc) is 2.72. The summed E-state index contributed by atoms with van der Waals surface area (Å²) in [4.78, 5) is 10.8. The van der Waals surface area contributed by atoms with E-state index < -0.39 is 0 Å². The third kappa shape index (κ3) is 4.09. The van der Waals surface area contributed by atoms with E-state index >= 15 is 0 Å². The summed E-state index contributed by atoms with van der Waals surface area (Å²) in [5.41, 5.74) is 4.03. The quantitative estimate of drug-likeness (QED) is 0.342. The van der Waals surface area contributed by atoms with Gasteiger partial charge in [0.15, 0.2) is 0 Å². The maximum absolute atomic E-state index is 10.8. The van der Waals surface area contributed by atoms with E-state index in [4.69, 9.17) is 0 Å². The largest absolute Gasteiger partial charge is 0.298 e. The molecule has 0 amide bonds. The molecule has 120 valence electrons. The summed E-state index contributed by atoms with van der Waals surface area (Å²) in [7, 11) is 0. The molecule has 0 bridgehead atoms. The molecule has 1 aliphatic carbocycles. The standard InChI is InChI=1S/C21H30O/c1-4-6-12-21(5-2)13-11-20(14-17(3)15-21)19-9-7-18(16-22)8-10-19/h7-10,16,20H,3-6,11-15H2,1-2H3. The van der Waals surface area contributed by atoms with Gasteiger partial charge in [-0.15, -0.1) is 0 Å². The van der Waals surface area contributed by atoms with Crippen molar-refractivity contribution in [3.63, 3.8) is 0 Å². The summed E-state index contributed by atoms with van der Waals surface area (Å²) in [5, 5.41) is 0. The molecule has 1 nitrogen and oxygen atoms in total. The molecule has 0 N–H and O–H groups in total. The van der Waals surface area contributed by atoms with E-state index in [1.54, 1.807) is 0 Å². The van der Waals surface area contributed by atoms with Crippen molar-refractivity contribution in [3.8, 4) is 0 Å². The van der Waals surface area contributed by atoms with Crippen LogP contribution in [-0.4, -0.2) is 6.29 Å². The zero-order chi connectivity index (χ0) is 16.0. The van der Waals surface area contributed by atoms with Crippen LogP contribution >= 0.6 is 0 Å². The first kappa shape index (κ1) is 17.0. The van der Waals surface area contributed by atoms with Crippen LogP contribution < -0.4 is 0 Å². The predicted molar refractivity (Wildman–Crippen MR) is 94.4 cm³/mol. The highest BCUT2D eigenvalue weighted by atomic mass is 16.1. The van der Waals surface area contributed by atoms with E-state index in [0.29, 0.717) is 11.3 Å². The molecule has 1 aromatic rings. The third-order valence-corrected chi connectivity index (χ3v) is 5.54. The Kier molecular flexibility index (Phi) is 5.99. The van der Waals surface area contributed by atoms with E-state index in [0.717, 1.165) is 18.3 Å². The SMILES string of the molecule is C=C1CC(c2ccc(C=O)cc2)CCC(CC)(CCCC)C1. The Bertz CT molecular complexity index is 499. The van der Waals surface area contributed by atoms with Gasteiger partial charge >= 0.3 is 0 Å². The lowest BCUT2D eigenvalue weighted by atomic mass is 9.73. The number of benzene rings is 1. The summed E-state index contributed by atoms with van der Waals surface area (Å²) in [6, 6.07) is 8.15. The summed E-state index contributed by atoms with van der Waals surface area (Å²) in [5.74, 6) is 0.572. The second-order valence-electron chi connectivity index (χ2n) is 7.11. The van der Waals surface area contributed by atoms with Gasteiger partial charge in [-0.25, -0.2) is 0 Å². The van der Waals surface area contributed by atoms with Gasteiger partial charge in [0.1, 0.15) is 6.29 Å². The lowest BCUT2D eigenvalue weighted by Crippen LogP contribution is -2.19. The Labute approximate surface area is 135 Å². The average molecular weight is 298 g/mol. The normalized spacial score (nSPS) is 25.7. The molecule has 2 atom stereocenters. The van der Waals surface area contributed by atoms with Crippen molar-refractivity contribution in [3.05, 3.63) is 47.5 Å². The fourth-order valence-electron chi connectivity index (χ4n) is 4.00. The van der Waals surface area contributed by atoms with E-state index in [9.17, 15) is 4.79 Å². The molecule has 1 heteroatoms.